The van der Waals surface area contributed by atoms with E-state index in [1.165, 1.54) is 16.7 Å². The van der Waals surface area contributed by atoms with E-state index in [9.17, 15) is 5.11 Å². The summed E-state index contributed by atoms with van der Waals surface area (Å²) in [6, 6.07) is 7.52. The van der Waals surface area contributed by atoms with E-state index in [-0.39, 0.29) is 6.10 Å². The van der Waals surface area contributed by atoms with Gasteiger partial charge in [-0.25, -0.2) is 0 Å². The molecule has 2 rings (SSSR count). The Bertz CT molecular complexity index is 623. The molecular formula is C22H30O2. The van der Waals surface area contributed by atoms with Crippen LogP contribution in [0.3, 0.4) is 0 Å². The highest BCUT2D eigenvalue weighted by molar-refractivity contribution is 5.59. The highest BCUT2D eigenvalue weighted by Crippen LogP contribution is 2.31. The van der Waals surface area contributed by atoms with Crippen molar-refractivity contribution < 1.29 is 9.84 Å². The van der Waals surface area contributed by atoms with E-state index in [2.05, 4.69) is 39.5 Å². The van der Waals surface area contributed by atoms with Crippen LogP contribution in [0.2, 0.25) is 0 Å². The van der Waals surface area contributed by atoms with Gasteiger partial charge in [-0.1, -0.05) is 69.7 Å². The Morgan fingerprint density at radius 2 is 2.08 bits per heavy atom. The lowest BCUT2D eigenvalue weighted by Gasteiger charge is -2.19. The first-order valence-corrected chi connectivity index (χ1v) is 9.01. The van der Waals surface area contributed by atoms with E-state index >= 15 is 0 Å². The largest absolute Gasteiger partial charge is 0.507 e. The summed E-state index contributed by atoms with van der Waals surface area (Å²) >= 11 is 0. The Kier molecular flexibility index (Phi) is 6.86. The van der Waals surface area contributed by atoms with Crippen LogP contribution < -0.4 is 0 Å². The van der Waals surface area contributed by atoms with Crippen molar-refractivity contribution in [2.24, 2.45) is 5.92 Å². The average molecular weight is 326 g/mol. The molecule has 1 aromatic carbocycles. The van der Waals surface area contributed by atoms with Crippen LogP contribution in [0, 0.1) is 5.92 Å². The molecule has 0 aliphatic carbocycles. The Morgan fingerprint density at radius 1 is 1.33 bits per heavy atom. The zero-order valence-corrected chi connectivity index (χ0v) is 15.2. The number of hydrogen-bond donors (Lipinski definition) is 1. The van der Waals surface area contributed by atoms with E-state index < -0.39 is 0 Å². The second-order valence-electron chi connectivity index (χ2n) is 6.81. The molecule has 1 N–H and O–H groups in total. The van der Waals surface area contributed by atoms with Gasteiger partial charge in [0, 0.05) is 5.56 Å². The Hall–Kier alpha value is -1.80. The normalized spacial score (nSPS) is 18.1. The van der Waals surface area contributed by atoms with E-state index in [0.29, 0.717) is 18.3 Å². The quantitative estimate of drug-likeness (QED) is 0.645. The lowest BCUT2D eigenvalue weighted by molar-refractivity contribution is 0.116. The molecule has 0 amide bonds. The molecule has 1 aliphatic heterocycles. The lowest BCUT2D eigenvalue weighted by atomic mass is 9.90. The number of phenols is 1. The SMILES string of the molecule is C=C(C1=CCOC1CC/C(=C/c1ccccc1O)CCC)C(C)C. The average Bonchev–Trinajstić information content (AvgIpc) is 3.02. The maximum Gasteiger partial charge on any atom is 0.122 e. The molecule has 0 saturated carbocycles. The van der Waals surface area contributed by atoms with Gasteiger partial charge in [0.05, 0.1) is 12.7 Å². The van der Waals surface area contributed by atoms with Crippen LogP contribution in [0.15, 0.2) is 53.6 Å². The molecule has 130 valence electrons. The van der Waals surface area contributed by atoms with Gasteiger partial charge in [-0.3, -0.25) is 0 Å². The summed E-state index contributed by atoms with van der Waals surface area (Å²) in [5.41, 5.74) is 4.74. The molecule has 1 unspecified atom stereocenters. The van der Waals surface area contributed by atoms with E-state index in [4.69, 9.17) is 4.74 Å². The molecule has 0 saturated heterocycles. The number of rotatable bonds is 8. The summed E-state index contributed by atoms with van der Waals surface area (Å²) in [7, 11) is 0. The van der Waals surface area contributed by atoms with Crippen LogP contribution in [-0.4, -0.2) is 17.8 Å². The highest BCUT2D eigenvalue weighted by Gasteiger charge is 2.23. The summed E-state index contributed by atoms with van der Waals surface area (Å²) in [5.74, 6) is 0.796. The van der Waals surface area contributed by atoms with Crippen molar-refractivity contribution in [3.8, 4) is 5.75 Å². The number of hydrogen-bond acceptors (Lipinski definition) is 2. The second kappa shape index (κ2) is 8.89. The third kappa shape index (κ3) is 4.85. The molecule has 0 fully saturated rings. The molecule has 0 aromatic heterocycles. The van der Waals surface area contributed by atoms with Gasteiger partial charge in [0.2, 0.25) is 0 Å². The fourth-order valence-electron chi connectivity index (χ4n) is 3.12. The van der Waals surface area contributed by atoms with Crippen molar-refractivity contribution in [1.29, 1.82) is 0 Å². The van der Waals surface area contributed by atoms with Crippen molar-refractivity contribution in [3.05, 3.63) is 59.2 Å². The van der Waals surface area contributed by atoms with Crippen LogP contribution in [0.5, 0.6) is 5.75 Å². The fraction of sp³-hybridized carbons (Fsp3) is 0.455. The Balaban J connectivity index is 2.05. The van der Waals surface area contributed by atoms with Crippen molar-refractivity contribution in [2.45, 2.75) is 52.6 Å². The third-order valence-corrected chi connectivity index (χ3v) is 4.61. The number of benzene rings is 1. The number of aromatic hydroxyl groups is 1. The van der Waals surface area contributed by atoms with Gasteiger partial charge in [0.25, 0.3) is 0 Å². The van der Waals surface area contributed by atoms with Crippen molar-refractivity contribution in [1.82, 2.24) is 0 Å². The smallest absolute Gasteiger partial charge is 0.122 e. The maximum atomic E-state index is 9.99. The van der Waals surface area contributed by atoms with E-state index in [0.717, 1.165) is 31.2 Å². The molecule has 0 radical (unpaired) electrons. The summed E-state index contributed by atoms with van der Waals surface area (Å²) in [4.78, 5) is 0. The molecule has 2 heteroatoms. The molecule has 1 atom stereocenters. The molecule has 1 aliphatic rings. The number of para-hydroxylation sites is 1. The molecule has 2 nitrogen and oxygen atoms in total. The zero-order valence-electron chi connectivity index (χ0n) is 15.2. The topological polar surface area (TPSA) is 29.5 Å². The first-order chi connectivity index (χ1) is 11.5. The van der Waals surface area contributed by atoms with Gasteiger partial charge >= 0.3 is 0 Å². The van der Waals surface area contributed by atoms with Gasteiger partial charge in [0.1, 0.15) is 5.75 Å². The molecule has 24 heavy (non-hydrogen) atoms. The lowest BCUT2D eigenvalue weighted by Crippen LogP contribution is -2.13. The number of ether oxygens (including phenoxy) is 1. The molecular weight excluding hydrogens is 296 g/mol. The number of allylic oxidation sites excluding steroid dienone is 1. The van der Waals surface area contributed by atoms with Gasteiger partial charge in [-0.05, 0) is 42.4 Å². The third-order valence-electron chi connectivity index (χ3n) is 4.61. The first-order valence-electron chi connectivity index (χ1n) is 9.01. The molecule has 1 heterocycles. The van der Waals surface area contributed by atoms with Crippen molar-refractivity contribution in [2.75, 3.05) is 6.61 Å². The molecule has 0 bridgehead atoms. The zero-order chi connectivity index (χ0) is 17.5. The van der Waals surface area contributed by atoms with Crippen LogP contribution >= 0.6 is 0 Å². The van der Waals surface area contributed by atoms with E-state index in [1.54, 1.807) is 6.07 Å². The van der Waals surface area contributed by atoms with Crippen LogP contribution in [0.1, 0.15) is 52.0 Å². The van der Waals surface area contributed by atoms with Gasteiger partial charge in [-0.2, -0.15) is 0 Å². The second-order valence-corrected chi connectivity index (χ2v) is 6.81. The van der Waals surface area contributed by atoms with Gasteiger partial charge in [0.15, 0.2) is 0 Å². The van der Waals surface area contributed by atoms with Crippen molar-refractivity contribution >= 4 is 6.08 Å². The van der Waals surface area contributed by atoms with Crippen LogP contribution in [0.25, 0.3) is 6.08 Å². The van der Waals surface area contributed by atoms with E-state index in [1.807, 2.05) is 18.2 Å². The number of phenolic OH excluding ortho intramolecular Hbond substituents is 1. The fourth-order valence-corrected chi connectivity index (χ4v) is 3.12. The maximum absolute atomic E-state index is 9.99. The monoisotopic (exact) mass is 326 g/mol. The summed E-state index contributed by atoms with van der Waals surface area (Å²) < 4.78 is 5.91. The first kappa shape index (κ1) is 18.5. The standard InChI is InChI=1S/C22H30O2/c1-5-8-18(15-19-9-6-7-10-21(19)23)11-12-22-20(13-14-24-22)17(4)16(2)3/h6-7,9-10,13,15-16,22-23H,4-5,8,11-12,14H2,1-3H3/b18-15+. The highest BCUT2D eigenvalue weighted by atomic mass is 16.5. The van der Waals surface area contributed by atoms with Crippen LogP contribution in [-0.2, 0) is 4.74 Å². The van der Waals surface area contributed by atoms with Crippen molar-refractivity contribution in [3.63, 3.8) is 0 Å². The summed E-state index contributed by atoms with van der Waals surface area (Å²) in [6.45, 7) is 11.5. The minimum atomic E-state index is 0.157. The molecule has 1 aromatic rings. The predicted octanol–water partition coefficient (Wildman–Crippen LogP) is 5.89. The summed E-state index contributed by atoms with van der Waals surface area (Å²) in [5, 5.41) is 9.99. The minimum absolute atomic E-state index is 0.157. The minimum Gasteiger partial charge on any atom is -0.507 e. The van der Waals surface area contributed by atoms with Gasteiger partial charge < -0.3 is 9.84 Å². The van der Waals surface area contributed by atoms with Crippen LogP contribution in [0.4, 0.5) is 0 Å². The molecule has 0 spiro atoms. The Morgan fingerprint density at radius 3 is 2.75 bits per heavy atom. The Labute approximate surface area is 146 Å². The summed E-state index contributed by atoms with van der Waals surface area (Å²) in [6.07, 6.45) is 8.57. The van der Waals surface area contributed by atoms with Gasteiger partial charge in [-0.15, -0.1) is 0 Å². The predicted molar refractivity (Wildman–Crippen MR) is 102 cm³/mol.